The molecule has 1 aromatic rings. The second kappa shape index (κ2) is 7.56. The molecule has 0 atom stereocenters. The number of carbonyl (C=O) groups excluding carboxylic acids is 5. The maximum Gasteiger partial charge on any atom is 0.338 e. The van der Waals surface area contributed by atoms with E-state index in [0.29, 0.717) is 19.5 Å². The lowest BCUT2D eigenvalue weighted by molar-refractivity contribution is -0.130. The van der Waals surface area contributed by atoms with Crippen LogP contribution in [-0.2, 0) is 9.53 Å². The van der Waals surface area contributed by atoms with Crippen molar-refractivity contribution in [3.63, 3.8) is 0 Å². The summed E-state index contributed by atoms with van der Waals surface area (Å²) in [6.45, 7) is 2.28. The van der Waals surface area contributed by atoms with Crippen molar-refractivity contribution < 1.29 is 28.7 Å². The van der Waals surface area contributed by atoms with E-state index in [-0.39, 0.29) is 29.1 Å². The minimum Gasteiger partial charge on any atom is -0.452 e. The Labute approximate surface area is 155 Å². The number of nitrogens with zero attached hydrogens (tertiary/aromatic N) is 2. The molecule has 1 N–H and O–H groups in total. The summed E-state index contributed by atoms with van der Waals surface area (Å²) in [5, 5.41) is 2.48. The standard InChI is InChI=1S/C18H19N3O6/c1-2-3-7-21-15(23)12-5-4-11(9-13(12)16(21)24)17(25)27-10-14(22)20-8-6-19-18(20)26/h4-5,9H,2-3,6-8,10H2,1H3,(H,19,26). The number of amides is 5. The normalized spacial score (nSPS) is 15.8. The van der Waals surface area contributed by atoms with Crippen LogP contribution in [0.25, 0.3) is 0 Å². The topological polar surface area (TPSA) is 113 Å². The first-order valence-electron chi connectivity index (χ1n) is 8.69. The van der Waals surface area contributed by atoms with Crippen LogP contribution in [0.1, 0.15) is 50.8 Å². The third kappa shape index (κ3) is 3.53. The molecule has 9 nitrogen and oxygen atoms in total. The van der Waals surface area contributed by atoms with Crippen molar-refractivity contribution in [2.75, 3.05) is 26.2 Å². The molecule has 1 saturated heterocycles. The Morgan fingerprint density at radius 2 is 1.89 bits per heavy atom. The molecule has 0 unspecified atom stereocenters. The molecule has 0 saturated carbocycles. The van der Waals surface area contributed by atoms with E-state index in [4.69, 9.17) is 4.74 Å². The molecular weight excluding hydrogens is 354 g/mol. The third-order valence-electron chi connectivity index (χ3n) is 4.43. The van der Waals surface area contributed by atoms with Crippen molar-refractivity contribution in [2.24, 2.45) is 0 Å². The minimum atomic E-state index is -0.807. The summed E-state index contributed by atoms with van der Waals surface area (Å²) < 4.78 is 4.94. The van der Waals surface area contributed by atoms with Crippen molar-refractivity contribution in [3.05, 3.63) is 34.9 Å². The molecule has 0 aliphatic carbocycles. The molecule has 3 rings (SSSR count). The number of fused-ring (bicyclic) bond motifs is 1. The molecule has 0 aromatic heterocycles. The summed E-state index contributed by atoms with van der Waals surface area (Å²) >= 11 is 0. The van der Waals surface area contributed by atoms with E-state index in [1.54, 1.807) is 0 Å². The van der Waals surface area contributed by atoms with Crippen molar-refractivity contribution in [1.82, 2.24) is 15.1 Å². The van der Waals surface area contributed by atoms with Crippen LogP contribution in [-0.4, -0.2) is 65.8 Å². The van der Waals surface area contributed by atoms with Crippen molar-refractivity contribution >= 4 is 29.7 Å². The average molecular weight is 373 g/mol. The van der Waals surface area contributed by atoms with Crippen LogP contribution in [0, 0.1) is 0 Å². The van der Waals surface area contributed by atoms with Crippen LogP contribution in [0.3, 0.4) is 0 Å². The Morgan fingerprint density at radius 3 is 2.56 bits per heavy atom. The van der Waals surface area contributed by atoms with E-state index in [1.165, 1.54) is 23.1 Å². The number of nitrogens with one attached hydrogen (secondary N) is 1. The van der Waals surface area contributed by atoms with E-state index in [2.05, 4.69) is 5.32 Å². The van der Waals surface area contributed by atoms with Gasteiger partial charge in [-0.1, -0.05) is 13.3 Å². The van der Waals surface area contributed by atoms with Gasteiger partial charge in [-0.2, -0.15) is 0 Å². The number of carbonyl (C=O) groups is 5. The van der Waals surface area contributed by atoms with Gasteiger partial charge in [0, 0.05) is 19.6 Å². The first-order valence-corrected chi connectivity index (χ1v) is 8.69. The number of hydrogen-bond donors (Lipinski definition) is 1. The van der Waals surface area contributed by atoms with Gasteiger partial charge in [-0.05, 0) is 24.6 Å². The molecule has 2 aliphatic rings. The van der Waals surface area contributed by atoms with Crippen molar-refractivity contribution in [3.8, 4) is 0 Å². The van der Waals surface area contributed by atoms with E-state index in [1.807, 2.05) is 6.92 Å². The highest BCUT2D eigenvalue weighted by Gasteiger charge is 2.35. The van der Waals surface area contributed by atoms with Crippen LogP contribution >= 0.6 is 0 Å². The number of unbranched alkanes of at least 4 members (excludes halogenated alkanes) is 1. The number of rotatable bonds is 6. The van der Waals surface area contributed by atoms with Gasteiger partial charge in [0.2, 0.25) is 0 Å². The Bertz CT molecular complexity index is 834. The second-order valence-electron chi connectivity index (χ2n) is 6.23. The summed E-state index contributed by atoms with van der Waals surface area (Å²) in [5.41, 5.74) is 0.458. The summed E-state index contributed by atoms with van der Waals surface area (Å²) in [6, 6.07) is 3.57. The lowest BCUT2D eigenvalue weighted by Crippen LogP contribution is -2.37. The monoisotopic (exact) mass is 373 g/mol. The lowest BCUT2D eigenvalue weighted by Gasteiger charge is -2.12. The van der Waals surface area contributed by atoms with Gasteiger partial charge in [0.15, 0.2) is 6.61 Å². The van der Waals surface area contributed by atoms with E-state index in [0.717, 1.165) is 11.3 Å². The second-order valence-corrected chi connectivity index (χ2v) is 6.23. The largest absolute Gasteiger partial charge is 0.452 e. The molecule has 5 amide bonds. The smallest absolute Gasteiger partial charge is 0.338 e. The Morgan fingerprint density at radius 1 is 1.15 bits per heavy atom. The summed E-state index contributed by atoms with van der Waals surface area (Å²) in [7, 11) is 0. The first-order chi connectivity index (χ1) is 12.9. The average Bonchev–Trinajstić information content (AvgIpc) is 3.20. The molecule has 0 spiro atoms. The van der Waals surface area contributed by atoms with E-state index >= 15 is 0 Å². The number of esters is 1. The summed E-state index contributed by atoms with van der Waals surface area (Å²) in [4.78, 5) is 62.3. The SMILES string of the molecule is CCCCN1C(=O)c2ccc(C(=O)OCC(=O)N3CCNC3=O)cc2C1=O. The van der Waals surface area contributed by atoms with Crippen LogP contribution in [0.5, 0.6) is 0 Å². The van der Waals surface area contributed by atoms with Gasteiger partial charge in [-0.25, -0.2) is 9.59 Å². The van der Waals surface area contributed by atoms with Gasteiger partial charge in [0.05, 0.1) is 16.7 Å². The molecule has 0 radical (unpaired) electrons. The summed E-state index contributed by atoms with van der Waals surface area (Å²) in [6.07, 6.45) is 1.54. The zero-order valence-corrected chi connectivity index (χ0v) is 14.8. The minimum absolute atomic E-state index is 0.0610. The van der Waals surface area contributed by atoms with Gasteiger partial charge in [-0.15, -0.1) is 0 Å². The number of benzene rings is 1. The fourth-order valence-corrected chi connectivity index (χ4v) is 2.94. The molecule has 1 aromatic carbocycles. The quantitative estimate of drug-likeness (QED) is 0.583. The molecule has 27 heavy (non-hydrogen) atoms. The third-order valence-corrected chi connectivity index (χ3v) is 4.43. The fraction of sp³-hybridized carbons (Fsp3) is 0.389. The molecular formula is C18H19N3O6. The van der Waals surface area contributed by atoms with Gasteiger partial charge in [-0.3, -0.25) is 24.2 Å². The molecule has 2 heterocycles. The number of ether oxygens (including phenoxy) is 1. The summed E-state index contributed by atoms with van der Waals surface area (Å²) in [5.74, 6) is -2.25. The maximum absolute atomic E-state index is 12.4. The predicted octanol–water partition coefficient (Wildman–Crippen LogP) is 0.791. The van der Waals surface area contributed by atoms with Gasteiger partial charge in [0.1, 0.15) is 0 Å². The van der Waals surface area contributed by atoms with E-state index in [9.17, 15) is 24.0 Å². The van der Waals surface area contributed by atoms with E-state index < -0.39 is 30.4 Å². The maximum atomic E-state index is 12.4. The highest BCUT2D eigenvalue weighted by Crippen LogP contribution is 2.24. The van der Waals surface area contributed by atoms with Crippen LogP contribution in [0.15, 0.2) is 18.2 Å². The first kappa shape index (κ1) is 18.6. The molecule has 1 fully saturated rings. The number of hydrogen-bond acceptors (Lipinski definition) is 6. The Kier molecular flexibility index (Phi) is 5.20. The van der Waals surface area contributed by atoms with Gasteiger partial charge < -0.3 is 10.1 Å². The fourth-order valence-electron chi connectivity index (χ4n) is 2.94. The van der Waals surface area contributed by atoms with Crippen molar-refractivity contribution in [1.29, 1.82) is 0 Å². The molecule has 2 aliphatic heterocycles. The van der Waals surface area contributed by atoms with Crippen LogP contribution in [0.2, 0.25) is 0 Å². The molecule has 142 valence electrons. The van der Waals surface area contributed by atoms with Crippen molar-refractivity contribution in [2.45, 2.75) is 19.8 Å². The predicted molar refractivity (Wildman–Crippen MR) is 92.1 cm³/mol. The highest BCUT2D eigenvalue weighted by molar-refractivity contribution is 6.22. The van der Waals surface area contributed by atoms with Gasteiger partial charge >= 0.3 is 12.0 Å². The Hall–Kier alpha value is -3.23. The molecule has 0 bridgehead atoms. The number of imide groups is 2. The zero-order chi connectivity index (χ0) is 19.6. The van der Waals surface area contributed by atoms with Crippen LogP contribution in [0.4, 0.5) is 4.79 Å². The van der Waals surface area contributed by atoms with Crippen LogP contribution < -0.4 is 5.32 Å². The zero-order valence-electron chi connectivity index (χ0n) is 14.8. The lowest BCUT2D eigenvalue weighted by atomic mass is 10.1. The van der Waals surface area contributed by atoms with Gasteiger partial charge in [0.25, 0.3) is 17.7 Å². The Balaban J connectivity index is 1.67. The molecule has 9 heteroatoms. The number of urea groups is 1. The highest BCUT2D eigenvalue weighted by atomic mass is 16.5.